The SMILES string of the molecule is CCC1CCC(C(=O)O)C(Cc2ccc(F)cc2)C1. The fraction of sp³-hybridized carbons (Fsp3) is 0.562. The van der Waals surface area contributed by atoms with Gasteiger partial charge in [0, 0.05) is 0 Å². The Bertz CT molecular complexity index is 427. The van der Waals surface area contributed by atoms with Crippen LogP contribution in [-0.2, 0) is 11.2 Å². The van der Waals surface area contributed by atoms with Crippen LogP contribution in [0.25, 0.3) is 0 Å². The molecule has 1 aromatic rings. The predicted molar refractivity (Wildman–Crippen MR) is 72.4 cm³/mol. The molecule has 19 heavy (non-hydrogen) atoms. The van der Waals surface area contributed by atoms with Crippen LogP contribution in [0.1, 0.15) is 38.2 Å². The van der Waals surface area contributed by atoms with Crippen LogP contribution in [0.4, 0.5) is 4.39 Å². The molecule has 2 rings (SSSR count). The van der Waals surface area contributed by atoms with Crippen molar-refractivity contribution in [1.29, 1.82) is 0 Å². The molecule has 0 saturated heterocycles. The van der Waals surface area contributed by atoms with E-state index in [1.54, 1.807) is 12.1 Å². The van der Waals surface area contributed by atoms with Crippen molar-refractivity contribution in [3.63, 3.8) is 0 Å². The Hall–Kier alpha value is -1.38. The zero-order valence-corrected chi connectivity index (χ0v) is 11.3. The van der Waals surface area contributed by atoms with Crippen LogP contribution in [0.3, 0.4) is 0 Å². The highest BCUT2D eigenvalue weighted by Crippen LogP contribution is 2.37. The lowest BCUT2D eigenvalue weighted by atomic mass is 9.71. The van der Waals surface area contributed by atoms with Gasteiger partial charge >= 0.3 is 5.97 Å². The van der Waals surface area contributed by atoms with Crippen LogP contribution >= 0.6 is 0 Å². The Labute approximate surface area is 113 Å². The minimum Gasteiger partial charge on any atom is -0.481 e. The molecule has 1 fully saturated rings. The highest BCUT2D eigenvalue weighted by molar-refractivity contribution is 5.70. The lowest BCUT2D eigenvalue weighted by Gasteiger charge is -2.33. The first-order valence-corrected chi connectivity index (χ1v) is 7.07. The summed E-state index contributed by atoms with van der Waals surface area (Å²) in [6, 6.07) is 6.43. The van der Waals surface area contributed by atoms with Gasteiger partial charge in [-0.25, -0.2) is 4.39 Å². The molecule has 1 aliphatic rings. The first kappa shape index (κ1) is 14.0. The molecule has 3 atom stereocenters. The quantitative estimate of drug-likeness (QED) is 0.895. The van der Waals surface area contributed by atoms with Crippen molar-refractivity contribution in [3.05, 3.63) is 35.6 Å². The minimum atomic E-state index is -0.679. The topological polar surface area (TPSA) is 37.3 Å². The summed E-state index contributed by atoms with van der Waals surface area (Å²) in [4.78, 5) is 11.3. The van der Waals surface area contributed by atoms with Crippen molar-refractivity contribution in [2.45, 2.75) is 39.0 Å². The smallest absolute Gasteiger partial charge is 0.306 e. The summed E-state index contributed by atoms with van der Waals surface area (Å²) in [5, 5.41) is 9.33. The molecule has 1 saturated carbocycles. The Kier molecular flexibility index (Phi) is 4.56. The summed E-state index contributed by atoms with van der Waals surface area (Å²) in [6.07, 6.45) is 4.64. The van der Waals surface area contributed by atoms with Gasteiger partial charge in [-0.1, -0.05) is 25.5 Å². The van der Waals surface area contributed by atoms with E-state index in [1.165, 1.54) is 12.1 Å². The molecule has 0 aromatic heterocycles. The number of aliphatic carboxylic acids is 1. The third-order valence-electron chi connectivity index (χ3n) is 4.40. The zero-order chi connectivity index (χ0) is 13.8. The maximum atomic E-state index is 12.9. The second kappa shape index (κ2) is 6.18. The Morgan fingerprint density at radius 3 is 2.58 bits per heavy atom. The summed E-state index contributed by atoms with van der Waals surface area (Å²) >= 11 is 0. The fourth-order valence-electron chi connectivity index (χ4n) is 3.21. The molecular weight excluding hydrogens is 243 g/mol. The Balaban J connectivity index is 2.08. The van der Waals surface area contributed by atoms with E-state index in [1.807, 2.05) is 0 Å². The molecule has 0 aliphatic heterocycles. The number of rotatable bonds is 4. The van der Waals surface area contributed by atoms with E-state index in [2.05, 4.69) is 6.92 Å². The van der Waals surface area contributed by atoms with Gasteiger partial charge in [0.05, 0.1) is 5.92 Å². The highest BCUT2D eigenvalue weighted by atomic mass is 19.1. The number of halogens is 1. The minimum absolute atomic E-state index is 0.182. The van der Waals surface area contributed by atoms with Crippen LogP contribution < -0.4 is 0 Å². The van der Waals surface area contributed by atoms with Gasteiger partial charge in [-0.3, -0.25) is 4.79 Å². The van der Waals surface area contributed by atoms with Crippen LogP contribution in [0.2, 0.25) is 0 Å². The number of carboxylic acid groups (broad SMARTS) is 1. The second-order valence-electron chi connectivity index (χ2n) is 5.62. The number of carbonyl (C=O) groups is 1. The van der Waals surface area contributed by atoms with Crippen molar-refractivity contribution in [1.82, 2.24) is 0 Å². The van der Waals surface area contributed by atoms with E-state index in [0.717, 1.165) is 37.7 Å². The van der Waals surface area contributed by atoms with Crippen molar-refractivity contribution in [2.75, 3.05) is 0 Å². The monoisotopic (exact) mass is 264 g/mol. The number of hydrogen-bond acceptors (Lipinski definition) is 1. The lowest BCUT2D eigenvalue weighted by molar-refractivity contribution is -0.145. The molecule has 3 unspecified atom stereocenters. The molecule has 1 aromatic carbocycles. The van der Waals surface area contributed by atoms with E-state index >= 15 is 0 Å². The predicted octanol–water partition coefficient (Wildman–Crippen LogP) is 3.90. The number of carboxylic acids is 1. The summed E-state index contributed by atoms with van der Waals surface area (Å²) in [6.45, 7) is 2.17. The molecule has 1 N–H and O–H groups in total. The third-order valence-corrected chi connectivity index (χ3v) is 4.40. The first-order valence-electron chi connectivity index (χ1n) is 7.07. The summed E-state index contributed by atoms with van der Waals surface area (Å²) in [5.74, 6) is -0.342. The molecule has 0 bridgehead atoms. The molecule has 0 radical (unpaired) electrons. The maximum Gasteiger partial charge on any atom is 0.306 e. The Morgan fingerprint density at radius 2 is 2.00 bits per heavy atom. The first-order chi connectivity index (χ1) is 9.10. The van der Waals surface area contributed by atoms with Gasteiger partial charge in [0.1, 0.15) is 5.82 Å². The number of hydrogen-bond donors (Lipinski definition) is 1. The van der Waals surface area contributed by atoms with Crippen LogP contribution in [-0.4, -0.2) is 11.1 Å². The van der Waals surface area contributed by atoms with Crippen molar-refractivity contribution in [3.8, 4) is 0 Å². The van der Waals surface area contributed by atoms with Gasteiger partial charge < -0.3 is 5.11 Å². The largest absolute Gasteiger partial charge is 0.481 e. The highest BCUT2D eigenvalue weighted by Gasteiger charge is 2.34. The van der Waals surface area contributed by atoms with E-state index in [0.29, 0.717) is 5.92 Å². The standard InChI is InChI=1S/C16H21FO2/c1-2-11-5-8-15(16(18)19)13(9-11)10-12-3-6-14(17)7-4-12/h3-4,6-7,11,13,15H,2,5,8-10H2,1H3,(H,18,19). The molecule has 0 amide bonds. The molecule has 0 heterocycles. The number of benzene rings is 1. The van der Waals surface area contributed by atoms with Crippen LogP contribution in [0.15, 0.2) is 24.3 Å². The molecule has 104 valence electrons. The van der Waals surface area contributed by atoms with Gasteiger partial charge in [0.25, 0.3) is 0 Å². The van der Waals surface area contributed by atoms with Crippen LogP contribution in [0.5, 0.6) is 0 Å². The van der Waals surface area contributed by atoms with E-state index in [9.17, 15) is 14.3 Å². The maximum absolute atomic E-state index is 12.9. The normalized spacial score (nSPS) is 27.2. The lowest BCUT2D eigenvalue weighted by Crippen LogP contribution is -2.31. The van der Waals surface area contributed by atoms with Crippen LogP contribution in [0, 0.1) is 23.6 Å². The van der Waals surface area contributed by atoms with Gasteiger partial charge in [0.2, 0.25) is 0 Å². The van der Waals surface area contributed by atoms with Crippen molar-refractivity contribution >= 4 is 5.97 Å². The van der Waals surface area contributed by atoms with Gasteiger partial charge in [-0.15, -0.1) is 0 Å². The molecule has 3 heteroatoms. The average molecular weight is 264 g/mol. The van der Waals surface area contributed by atoms with Crippen molar-refractivity contribution in [2.24, 2.45) is 17.8 Å². The average Bonchev–Trinajstić information content (AvgIpc) is 2.41. The van der Waals surface area contributed by atoms with Gasteiger partial charge in [0.15, 0.2) is 0 Å². The fourth-order valence-corrected chi connectivity index (χ4v) is 3.21. The van der Waals surface area contributed by atoms with E-state index < -0.39 is 5.97 Å². The second-order valence-corrected chi connectivity index (χ2v) is 5.62. The zero-order valence-electron chi connectivity index (χ0n) is 11.3. The molecule has 2 nitrogen and oxygen atoms in total. The van der Waals surface area contributed by atoms with E-state index in [-0.39, 0.29) is 17.7 Å². The van der Waals surface area contributed by atoms with Crippen molar-refractivity contribution < 1.29 is 14.3 Å². The van der Waals surface area contributed by atoms with E-state index in [4.69, 9.17) is 0 Å². The summed E-state index contributed by atoms with van der Waals surface area (Å²) < 4.78 is 12.9. The molecule has 0 spiro atoms. The Morgan fingerprint density at radius 1 is 1.32 bits per heavy atom. The molecule has 1 aliphatic carbocycles. The molecular formula is C16H21FO2. The summed E-state index contributed by atoms with van der Waals surface area (Å²) in [7, 11) is 0. The van der Waals surface area contributed by atoms with Gasteiger partial charge in [-0.05, 0) is 55.2 Å². The summed E-state index contributed by atoms with van der Waals surface area (Å²) in [5.41, 5.74) is 1.04. The van der Waals surface area contributed by atoms with Gasteiger partial charge in [-0.2, -0.15) is 0 Å². The third kappa shape index (κ3) is 3.55.